The van der Waals surface area contributed by atoms with E-state index >= 15 is 0 Å². The summed E-state index contributed by atoms with van der Waals surface area (Å²) in [6.45, 7) is 3.81. The lowest BCUT2D eigenvalue weighted by molar-refractivity contribution is -0.140. The van der Waals surface area contributed by atoms with Crippen LogP contribution in [0.15, 0.2) is 24.5 Å². The maximum atomic E-state index is 12.8. The van der Waals surface area contributed by atoms with Crippen LogP contribution in [0, 0.1) is 12.8 Å². The third kappa shape index (κ3) is 3.36. The van der Waals surface area contributed by atoms with Crippen LogP contribution >= 0.6 is 0 Å². The minimum Gasteiger partial charge on any atom is -0.338 e. The molecule has 1 aromatic rings. The van der Waals surface area contributed by atoms with E-state index in [1.165, 1.54) is 12.0 Å². The Labute approximate surface area is 126 Å². The first kappa shape index (κ1) is 14.4. The first-order valence-corrected chi connectivity index (χ1v) is 8.18. The maximum Gasteiger partial charge on any atom is 0.226 e. The molecule has 0 aromatic carbocycles. The summed E-state index contributed by atoms with van der Waals surface area (Å²) in [4.78, 5) is 15.0. The minimum absolute atomic E-state index is 0.204. The molecular formula is C17H25N3O. The molecule has 1 saturated heterocycles. The van der Waals surface area contributed by atoms with E-state index in [1.54, 1.807) is 0 Å². The molecule has 4 nitrogen and oxygen atoms in total. The normalized spacial score (nSPS) is 26.0. The van der Waals surface area contributed by atoms with Crippen molar-refractivity contribution in [2.24, 2.45) is 5.92 Å². The van der Waals surface area contributed by atoms with E-state index in [0.717, 1.165) is 45.2 Å². The molecule has 1 amide bonds. The number of carbonyl (C=O) groups is 1. The van der Waals surface area contributed by atoms with E-state index in [4.69, 9.17) is 0 Å². The van der Waals surface area contributed by atoms with Gasteiger partial charge in [0.15, 0.2) is 0 Å². The van der Waals surface area contributed by atoms with Crippen LogP contribution < -0.4 is 0 Å². The number of aromatic nitrogens is 2. The Morgan fingerprint density at radius 3 is 2.95 bits per heavy atom. The summed E-state index contributed by atoms with van der Waals surface area (Å²) in [5.41, 5.74) is 1.18. The highest BCUT2D eigenvalue weighted by Gasteiger charge is 2.31. The van der Waals surface area contributed by atoms with E-state index in [0.29, 0.717) is 11.9 Å². The van der Waals surface area contributed by atoms with Gasteiger partial charge in [0.2, 0.25) is 5.91 Å². The lowest BCUT2D eigenvalue weighted by atomic mass is 9.91. The van der Waals surface area contributed by atoms with Crippen LogP contribution in [0.5, 0.6) is 0 Å². The van der Waals surface area contributed by atoms with E-state index < -0.39 is 0 Å². The Bertz CT molecular complexity index is 520. The van der Waals surface area contributed by atoms with Gasteiger partial charge in [-0.3, -0.25) is 9.48 Å². The highest BCUT2D eigenvalue weighted by Crippen LogP contribution is 2.26. The van der Waals surface area contributed by atoms with Crippen molar-refractivity contribution in [3.05, 3.63) is 30.1 Å². The van der Waals surface area contributed by atoms with Crippen molar-refractivity contribution >= 4 is 5.91 Å². The maximum absolute atomic E-state index is 12.8. The van der Waals surface area contributed by atoms with Gasteiger partial charge in [-0.25, -0.2) is 0 Å². The lowest BCUT2D eigenvalue weighted by Crippen LogP contribution is -2.48. The second kappa shape index (κ2) is 6.46. The molecule has 1 aliphatic carbocycles. The highest BCUT2D eigenvalue weighted by atomic mass is 16.2. The largest absolute Gasteiger partial charge is 0.338 e. The molecule has 0 spiro atoms. The fourth-order valence-electron chi connectivity index (χ4n) is 3.52. The molecule has 0 N–H and O–H groups in total. The average molecular weight is 287 g/mol. The molecule has 2 aliphatic rings. The summed E-state index contributed by atoms with van der Waals surface area (Å²) in [6.07, 6.45) is 14.8. The van der Waals surface area contributed by atoms with Crippen LogP contribution in [-0.2, 0) is 11.3 Å². The van der Waals surface area contributed by atoms with Gasteiger partial charge in [0, 0.05) is 18.7 Å². The van der Waals surface area contributed by atoms with Gasteiger partial charge in [-0.05, 0) is 51.0 Å². The molecule has 1 aromatic heterocycles. The summed E-state index contributed by atoms with van der Waals surface area (Å²) < 4.78 is 1.99. The number of hydrogen-bond acceptors (Lipinski definition) is 2. The fourth-order valence-corrected chi connectivity index (χ4v) is 3.52. The van der Waals surface area contributed by atoms with Crippen molar-refractivity contribution in [2.45, 2.75) is 58.0 Å². The zero-order valence-corrected chi connectivity index (χ0v) is 12.9. The lowest BCUT2D eigenvalue weighted by Gasteiger charge is -2.38. The number of aryl methyl sites for hydroxylation is 1. The van der Waals surface area contributed by atoms with Crippen molar-refractivity contribution in [1.29, 1.82) is 0 Å². The van der Waals surface area contributed by atoms with Crippen LogP contribution in [0.25, 0.3) is 0 Å². The second-order valence-electron chi connectivity index (χ2n) is 6.40. The van der Waals surface area contributed by atoms with Crippen LogP contribution in [-0.4, -0.2) is 33.2 Å². The molecule has 21 heavy (non-hydrogen) atoms. The first-order chi connectivity index (χ1) is 10.2. The van der Waals surface area contributed by atoms with Crippen molar-refractivity contribution in [3.8, 4) is 0 Å². The molecule has 2 unspecified atom stereocenters. The standard InChI is InChI=1S/C17H25N3O/c1-14-11-18-19(12-14)13-16-9-5-6-10-20(16)17(21)15-7-3-2-4-8-15/h2-3,11-12,15-16H,4-10,13H2,1H3. The number of hydrogen-bond donors (Lipinski definition) is 0. The third-order valence-corrected chi connectivity index (χ3v) is 4.69. The molecule has 2 atom stereocenters. The van der Waals surface area contributed by atoms with Crippen molar-refractivity contribution in [1.82, 2.24) is 14.7 Å². The predicted molar refractivity (Wildman–Crippen MR) is 82.8 cm³/mol. The van der Waals surface area contributed by atoms with Gasteiger partial charge >= 0.3 is 0 Å². The van der Waals surface area contributed by atoms with Crippen molar-refractivity contribution in [3.63, 3.8) is 0 Å². The number of amides is 1. The molecule has 0 saturated carbocycles. The monoisotopic (exact) mass is 287 g/mol. The summed E-state index contributed by atoms with van der Waals surface area (Å²) >= 11 is 0. The number of piperidine rings is 1. The topological polar surface area (TPSA) is 38.1 Å². The Morgan fingerprint density at radius 1 is 1.33 bits per heavy atom. The van der Waals surface area contributed by atoms with Gasteiger partial charge in [-0.1, -0.05) is 12.2 Å². The summed E-state index contributed by atoms with van der Waals surface area (Å²) in [5.74, 6) is 0.572. The number of carbonyl (C=O) groups excluding carboxylic acids is 1. The molecule has 4 heteroatoms. The molecule has 0 bridgehead atoms. The van der Waals surface area contributed by atoms with Gasteiger partial charge in [-0.2, -0.15) is 5.10 Å². The zero-order valence-electron chi connectivity index (χ0n) is 12.9. The molecular weight excluding hydrogens is 262 g/mol. The molecule has 0 radical (unpaired) electrons. The number of allylic oxidation sites excluding steroid dienone is 2. The van der Waals surface area contributed by atoms with E-state index in [2.05, 4.69) is 35.3 Å². The van der Waals surface area contributed by atoms with E-state index in [1.807, 2.05) is 10.9 Å². The fraction of sp³-hybridized carbons (Fsp3) is 0.647. The van der Waals surface area contributed by atoms with Crippen LogP contribution in [0.2, 0.25) is 0 Å². The predicted octanol–water partition coefficient (Wildman–Crippen LogP) is 2.93. The van der Waals surface area contributed by atoms with Gasteiger partial charge < -0.3 is 4.90 Å². The first-order valence-electron chi connectivity index (χ1n) is 8.18. The Kier molecular flexibility index (Phi) is 4.42. The molecule has 1 aliphatic heterocycles. The van der Waals surface area contributed by atoms with Crippen molar-refractivity contribution < 1.29 is 4.79 Å². The number of nitrogens with zero attached hydrogens (tertiary/aromatic N) is 3. The number of rotatable bonds is 3. The quantitative estimate of drug-likeness (QED) is 0.802. The third-order valence-electron chi connectivity index (χ3n) is 4.69. The van der Waals surface area contributed by atoms with Crippen LogP contribution in [0.4, 0.5) is 0 Å². The molecule has 2 heterocycles. The van der Waals surface area contributed by atoms with Crippen molar-refractivity contribution in [2.75, 3.05) is 6.54 Å². The van der Waals surface area contributed by atoms with Gasteiger partial charge in [0.05, 0.1) is 18.8 Å². The number of likely N-dealkylation sites (tertiary alicyclic amines) is 1. The Hall–Kier alpha value is -1.58. The minimum atomic E-state index is 0.204. The molecule has 3 rings (SSSR count). The average Bonchev–Trinajstić information content (AvgIpc) is 2.93. The van der Waals surface area contributed by atoms with Gasteiger partial charge in [0.1, 0.15) is 0 Å². The zero-order chi connectivity index (χ0) is 14.7. The SMILES string of the molecule is Cc1cnn(CC2CCCCN2C(=O)C2CC=CCC2)c1. The second-order valence-corrected chi connectivity index (χ2v) is 6.40. The van der Waals surface area contributed by atoms with E-state index in [9.17, 15) is 4.79 Å². The van der Waals surface area contributed by atoms with Gasteiger partial charge in [0.25, 0.3) is 0 Å². The summed E-state index contributed by atoms with van der Waals surface area (Å²) in [7, 11) is 0. The van der Waals surface area contributed by atoms with Crippen LogP contribution in [0.3, 0.4) is 0 Å². The van der Waals surface area contributed by atoms with Gasteiger partial charge in [-0.15, -0.1) is 0 Å². The Balaban J connectivity index is 1.68. The highest BCUT2D eigenvalue weighted by molar-refractivity contribution is 5.79. The van der Waals surface area contributed by atoms with Crippen LogP contribution in [0.1, 0.15) is 44.1 Å². The molecule has 114 valence electrons. The summed E-state index contributed by atoms with van der Waals surface area (Å²) in [5, 5.41) is 4.38. The molecule has 1 fully saturated rings. The summed E-state index contributed by atoms with van der Waals surface area (Å²) in [6, 6.07) is 0.316. The van der Waals surface area contributed by atoms with E-state index in [-0.39, 0.29) is 5.92 Å². The smallest absolute Gasteiger partial charge is 0.226 e. The Morgan fingerprint density at radius 2 is 2.24 bits per heavy atom.